The Balaban J connectivity index is 1.80. The first-order valence-corrected chi connectivity index (χ1v) is 7.21. The molecule has 3 nitrogen and oxygen atoms in total. The standard InChI is InChI=1S/C15H22N2O/c18-11-12-7-8-15(16-10-12)17-9-3-5-13-4-1-2-6-14(13)17/h7-8,10,13-14,18H,1-6,9,11H2. The van der Waals surface area contributed by atoms with Crippen LogP contribution >= 0.6 is 0 Å². The summed E-state index contributed by atoms with van der Waals surface area (Å²) in [5.41, 5.74) is 0.899. The molecule has 1 saturated carbocycles. The van der Waals surface area contributed by atoms with Gasteiger partial charge >= 0.3 is 0 Å². The summed E-state index contributed by atoms with van der Waals surface area (Å²) >= 11 is 0. The average Bonchev–Trinajstić information content (AvgIpc) is 2.47. The van der Waals surface area contributed by atoms with E-state index in [0.717, 1.165) is 23.8 Å². The average molecular weight is 246 g/mol. The zero-order valence-corrected chi connectivity index (χ0v) is 10.9. The fourth-order valence-electron chi connectivity index (χ4n) is 3.59. The second-order valence-corrected chi connectivity index (χ2v) is 5.63. The van der Waals surface area contributed by atoms with Crippen molar-refractivity contribution in [2.45, 2.75) is 51.2 Å². The normalized spacial score (nSPS) is 27.9. The number of hydrogen-bond donors (Lipinski definition) is 1. The summed E-state index contributed by atoms with van der Waals surface area (Å²) in [7, 11) is 0. The fourth-order valence-corrected chi connectivity index (χ4v) is 3.59. The van der Waals surface area contributed by atoms with Crippen LogP contribution in [-0.2, 0) is 6.61 Å². The Morgan fingerprint density at radius 1 is 1.17 bits per heavy atom. The number of rotatable bonds is 2. The van der Waals surface area contributed by atoms with Crippen molar-refractivity contribution in [3.8, 4) is 0 Å². The highest BCUT2D eigenvalue weighted by molar-refractivity contribution is 5.41. The second-order valence-electron chi connectivity index (χ2n) is 5.63. The molecule has 2 heterocycles. The Bertz CT molecular complexity index is 388. The Kier molecular flexibility index (Phi) is 3.50. The lowest BCUT2D eigenvalue weighted by atomic mass is 9.78. The number of anilines is 1. The molecule has 2 unspecified atom stereocenters. The zero-order valence-electron chi connectivity index (χ0n) is 10.9. The molecule has 0 aromatic carbocycles. The Morgan fingerprint density at radius 3 is 2.78 bits per heavy atom. The summed E-state index contributed by atoms with van der Waals surface area (Å²) in [6, 6.07) is 4.78. The third-order valence-electron chi connectivity index (χ3n) is 4.53. The van der Waals surface area contributed by atoms with Crippen LogP contribution in [0.2, 0.25) is 0 Å². The minimum absolute atomic E-state index is 0.0827. The van der Waals surface area contributed by atoms with Crippen molar-refractivity contribution < 1.29 is 5.11 Å². The Labute approximate surface area is 109 Å². The van der Waals surface area contributed by atoms with E-state index in [1.165, 1.54) is 38.5 Å². The van der Waals surface area contributed by atoms with Crippen LogP contribution in [0.1, 0.15) is 44.1 Å². The molecule has 98 valence electrons. The monoisotopic (exact) mass is 246 g/mol. The highest BCUT2D eigenvalue weighted by Crippen LogP contribution is 2.37. The number of nitrogens with zero attached hydrogens (tertiary/aromatic N) is 2. The first-order valence-electron chi connectivity index (χ1n) is 7.21. The molecule has 1 N–H and O–H groups in total. The van der Waals surface area contributed by atoms with Gasteiger partial charge in [0, 0.05) is 18.8 Å². The van der Waals surface area contributed by atoms with Crippen LogP contribution in [0, 0.1) is 5.92 Å². The van der Waals surface area contributed by atoms with Crippen LogP contribution in [0.3, 0.4) is 0 Å². The largest absolute Gasteiger partial charge is 0.392 e. The summed E-state index contributed by atoms with van der Waals surface area (Å²) in [5, 5.41) is 9.07. The van der Waals surface area contributed by atoms with Crippen molar-refractivity contribution >= 4 is 5.82 Å². The summed E-state index contributed by atoms with van der Waals surface area (Å²) in [5.74, 6) is 1.98. The van der Waals surface area contributed by atoms with Crippen LogP contribution in [-0.4, -0.2) is 22.7 Å². The number of piperidine rings is 1. The van der Waals surface area contributed by atoms with E-state index in [0.29, 0.717) is 6.04 Å². The molecule has 1 aromatic rings. The highest BCUT2D eigenvalue weighted by Gasteiger charge is 2.33. The lowest BCUT2D eigenvalue weighted by molar-refractivity contribution is 0.242. The topological polar surface area (TPSA) is 36.4 Å². The maximum absolute atomic E-state index is 9.07. The number of hydrogen-bond acceptors (Lipinski definition) is 3. The van der Waals surface area contributed by atoms with Crippen LogP contribution < -0.4 is 4.90 Å². The molecular formula is C15H22N2O. The molecule has 18 heavy (non-hydrogen) atoms. The molecule has 0 radical (unpaired) electrons. The molecule has 0 spiro atoms. The minimum Gasteiger partial charge on any atom is -0.392 e. The van der Waals surface area contributed by atoms with Gasteiger partial charge in [0.15, 0.2) is 0 Å². The number of fused-ring (bicyclic) bond motifs is 1. The van der Waals surface area contributed by atoms with Crippen molar-refractivity contribution in [3.63, 3.8) is 0 Å². The van der Waals surface area contributed by atoms with Gasteiger partial charge in [0.1, 0.15) is 5.82 Å². The van der Waals surface area contributed by atoms with Crippen molar-refractivity contribution in [1.82, 2.24) is 4.98 Å². The van der Waals surface area contributed by atoms with Gasteiger partial charge in [-0.1, -0.05) is 18.9 Å². The quantitative estimate of drug-likeness (QED) is 0.871. The number of pyridine rings is 1. The summed E-state index contributed by atoms with van der Waals surface area (Å²) in [4.78, 5) is 7.04. The molecule has 2 fully saturated rings. The number of aromatic nitrogens is 1. The highest BCUT2D eigenvalue weighted by atomic mass is 16.3. The Morgan fingerprint density at radius 2 is 2.00 bits per heavy atom. The summed E-state index contributed by atoms with van der Waals surface area (Å²) in [6.45, 7) is 1.23. The molecule has 2 aliphatic rings. The van der Waals surface area contributed by atoms with E-state index >= 15 is 0 Å². The molecular weight excluding hydrogens is 224 g/mol. The lowest BCUT2D eigenvalue weighted by Gasteiger charge is -2.44. The summed E-state index contributed by atoms with van der Waals surface area (Å²) in [6.07, 6.45) is 10.0. The molecule has 3 rings (SSSR count). The zero-order chi connectivity index (χ0) is 12.4. The maximum atomic E-state index is 9.07. The van der Waals surface area contributed by atoms with Gasteiger partial charge in [-0.05, 0) is 43.2 Å². The molecule has 0 bridgehead atoms. The molecule has 1 aromatic heterocycles. The number of aliphatic hydroxyl groups is 1. The van der Waals surface area contributed by atoms with Gasteiger partial charge < -0.3 is 10.0 Å². The van der Waals surface area contributed by atoms with Crippen molar-refractivity contribution in [2.24, 2.45) is 5.92 Å². The van der Waals surface area contributed by atoms with Crippen LogP contribution in [0.25, 0.3) is 0 Å². The van der Waals surface area contributed by atoms with Crippen molar-refractivity contribution in [3.05, 3.63) is 23.9 Å². The lowest BCUT2D eigenvalue weighted by Crippen LogP contribution is -2.47. The van der Waals surface area contributed by atoms with E-state index < -0.39 is 0 Å². The maximum Gasteiger partial charge on any atom is 0.128 e. The molecule has 2 atom stereocenters. The van der Waals surface area contributed by atoms with E-state index in [1.54, 1.807) is 0 Å². The fraction of sp³-hybridized carbons (Fsp3) is 0.667. The van der Waals surface area contributed by atoms with Gasteiger partial charge in [-0.3, -0.25) is 0 Å². The van der Waals surface area contributed by atoms with E-state index in [9.17, 15) is 0 Å². The first-order chi connectivity index (χ1) is 8.88. The minimum atomic E-state index is 0.0827. The van der Waals surface area contributed by atoms with Gasteiger partial charge in [-0.25, -0.2) is 4.98 Å². The van der Waals surface area contributed by atoms with Gasteiger partial charge in [-0.15, -0.1) is 0 Å². The van der Waals surface area contributed by atoms with Gasteiger partial charge in [-0.2, -0.15) is 0 Å². The Hall–Kier alpha value is -1.09. The SMILES string of the molecule is OCc1ccc(N2CCCC3CCCCC32)nc1. The molecule has 1 aliphatic heterocycles. The number of aliphatic hydroxyl groups excluding tert-OH is 1. The van der Waals surface area contributed by atoms with Crippen LogP contribution in [0.5, 0.6) is 0 Å². The second kappa shape index (κ2) is 5.27. The van der Waals surface area contributed by atoms with Gasteiger partial charge in [0.25, 0.3) is 0 Å². The van der Waals surface area contributed by atoms with E-state index in [-0.39, 0.29) is 6.61 Å². The first kappa shape index (κ1) is 12.0. The van der Waals surface area contributed by atoms with Crippen LogP contribution in [0.4, 0.5) is 5.82 Å². The van der Waals surface area contributed by atoms with E-state index in [2.05, 4.69) is 16.0 Å². The predicted molar refractivity (Wildman–Crippen MR) is 72.5 cm³/mol. The summed E-state index contributed by atoms with van der Waals surface area (Å²) < 4.78 is 0. The molecule has 1 aliphatic carbocycles. The van der Waals surface area contributed by atoms with Crippen LogP contribution in [0.15, 0.2) is 18.3 Å². The third-order valence-corrected chi connectivity index (χ3v) is 4.53. The van der Waals surface area contributed by atoms with Gasteiger partial charge in [0.2, 0.25) is 0 Å². The van der Waals surface area contributed by atoms with Gasteiger partial charge in [0.05, 0.1) is 6.61 Å². The molecule has 1 saturated heterocycles. The van der Waals surface area contributed by atoms with E-state index in [1.807, 2.05) is 12.3 Å². The molecule has 0 amide bonds. The molecule has 3 heteroatoms. The van der Waals surface area contributed by atoms with Crippen molar-refractivity contribution in [1.29, 1.82) is 0 Å². The smallest absolute Gasteiger partial charge is 0.128 e. The van der Waals surface area contributed by atoms with Crippen molar-refractivity contribution in [2.75, 3.05) is 11.4 Å². The third kappa shape index (κ3) is 2.24. The predicted octanol–water partition coefficient (Wildman–Crippen LogP) is 2.73. The van der Waals surface area contributed by atoms with E-state index in [4.69, 9.17) is 5.11 Å².